The third-order valence-electron chi connectivity index (χ3n) is 6.52. The standard InChI is InChI=1S/C25H37N3O2/c1-17(2)26-24-18-15-21(29-5)22(30-14-8-13-28-11-6-7-12-28)16-20(18)27-19-9-10-25(3,4)23(19)24/h15-17H,6-14H2,1-5H3,(H,26,27). The molecule has 1 aromatic carbocycles. The molecule has 1 aliphatic heterocycles. The summed E-state index contributed by atoms with van der Waals surface area (Å²) in [5.41, 5.74) is 4.92. The van der Waals surface area contributed by atoms with Crippen molar-refractivity contribution in [3.05, 3.63) is 23.4 Å². The van der Waals surface area contributed by atoms with Crippen LogP contribution in [-0.4, -0.2) is 49.3 Å². The Morgan fingerprint density at radius 3 is 2.63 bits per heavy atom. The Morgan fingerprint density at radius 2 is 1.93 bits per heavy atom. The van der Waals surface area contributed by atoms with E-state index in [2.05, 4.69) is 50.0 Å². The summed E-state index contributed by atoms with van der Waals surface area (Å²) in [4.78, 5) is 7.59. The molecule has 4 rings (SSSR count). The molecule has 0 bridgehead atoms. The highest BCUT2D eigenvalue weighted by atomic mass is 16.5. The van der Waals surface area contributed by atoms with Crippen molar-refractivity contribution in [3.63, 3.8) is 0 Å². The van der Waals surface area contributed by atoms with Gasteiger partial charge in [-0.1, -0.05) is 13.8 Å². The van der Waals surface area contributed by atoms with Crippen LogP contribution in [0.15, 0.2) is 12.1 Å². The van der Waals surface area contributed by atoms with Gasteiger partial charge in [-0.05, 0) is 70.5 Å². The SMILES string of the molecule is COc1cc2c(NC(C)C)c3c(nc2cc1OCCCN1CCCC1)CCC3(C)C. The highest BCUT2D eigenvalue weighted by Gasteiger charge is 2.35. The number of aryl methyl sites for hydroxylation is 1. The highest BCUT2D eigenvalue weighted by molar-refractivity contribution is 5.96. The molecule has 2 aromatic rings. The van der Waals surface area contributed by atoms with Gasteiger partial charge in [0, 0.05) is 41.0 Å². The van der Waals surface area contributed by atoms with Crippen molar-refractivity contribution >= 4 is 16.6 Å². The van der Waals surface area contributed by atoms with Crippen molar-refractivity contribution < 1.29 is 9.47 Å². The van der Waals surface area contributed by atoms with Crippen LogP contribution in [0.4, 0.5) is 5.69 Å². The maximum atomic E-state index is 6.17. The maximum Gasteiger partial charge on any atom is 0.163 e. The summed E-state index contributed by atoms with van der Waals surface area (Å²) in [6.07, 6.45) is 5.86. The van der Waals surface area contributed by atoms with Gasteiger partial charge in [0.25, 0.3) is 0 Å². The first kappa shape index (κ1) is 21.2. The number of rotatable bonds is 8. The lowest BCUT2D eigenvalue weighted by atomic mass is 9.85. The van der Waals surface area contributed by atoms with Gasteiger partial charge < -0.3 is 19.7 Å². The second kappa shape index (κ2) is 8.62. The summed E-state index contributed by atoms with van der Waals surface area (Å²) >= 11 is 0. The second-order valence-electron chi connectivity index (χ2n) is 9.76. The Balaban J connectivity index is 1.64. The number of methoxy groups -OCH3 is 1. The molecule has 0 saturated carbocycles. The maximum absolute atomic E-state index is 6.17. The molecule has 1 saturated heterocycles. The van der Waals surface area contributed by atoms with Crippen LogP contribution < -0.4 is 14.8 Å². The molecule has 30 heavy (non-hydrogen) atoms. The molecule has 5 nitrogen and oxygen atoms in total. The Labute approximate surface area is 181 Å². The molecular weight excluding hydrogens is 374 g/mol. The number of anilines is 1. The Hall–Kier alpha value is -2.01. The summed E-state index contributed by atoms with van der Waals surface area (Å²) in [5, 5.41) is 4.84. The third-order valence-corrected chi connectivity index (χ3v) is 6.52. The number of aromatic nitrogens is 1. The van der Waals surface area contributed by atoms with Crippen molar-refractivity contribution in [2.45, 2.75) is 71.3 Å². The van der Waals surface area contributed by atoms with E-state index < -0.39 is 0 Å². The number of hydrogen-bond donors (Lipinski definition) is 1. The van der Waals surface area contributed by atoms with Crippen LogP contribution in [0.5, 0.6) is 11.5 Å². The van der Waals surface area contributed by atoms with Crippen molar-refractivity contribution in [1.82, 2.24) is 9.88 Å². The summed E-state index contributed by atoms with van der Waals surface area (Å²) in [6, 6.07) is 4.53. The topological polar surface area (TPSA) is 46.6 Å². The zero-order chi connectivity index (χ0) is 21.3. The van der Waals surface area contributed by atoms with Crippen molar-refractivity contribution in [2.24, 2.45) is 0 Å². The van der Waals surface area contributed by atoms with E-state index in [-0.39, 0.29) is 5.41 Å². The number of likely N-dealkylation sites (tertiary alicyclic amines) is 1. The van der Waals surface area contributed by atoms with Crippen LogP contribution >= 0.6 is 0 Å². The number of fused-ring (bicyclic) bond motifs is 2. The molecule has 2 aliphatic rings. The Morgan fingerprint density at radius 1 is 1.17 bits per heavy atom. The van der Waals surface area contributed by atoms with Gasteiger partial charge in [-0.25, -0.2) is 0 Å². The van der Waals surface area contributed by atoms with Crippen LogP contribution in [0.25, 0.3) is 10.9 Å². The van der Waals surface area contributed by atoms with Crippen LogP contribution in [0, 0.1) is 0 Å². The molecule has 5 heteroatoms. The van der Waals surface area contributed by atoms with E-state index in [9.17, 15) is 0 Å². The fraction of sp³-hybridized carbons (Fsp3) is 0.640. The molecular formula is C25H37N3O2. The first-order valence-electron chi connectivity index (χ1n) is 11.6. The minimum atomic E-state index is 0.131. The van der Waals surface area contributed by atoms with Crippen LogP contribution in [0.2, 0.25) is 0 Å². The molecule has 0 amide bonds. The van der Waals surface area contributed by atoms with Crippen LogP contribution in [0.3, 0.4) is 0 Å². The summed E-state index contributed by atoms with van der Waals surface area (Å²) in [7, 11) is 1.72. The number of nitrogens with one attached hydrogen (secondary N) is 1. The van der Waals surface area contributed by atoms with Crippen LogP contribution in [0.1, 0.15) is 64.6 Å². The lowest BCUT2D eigenvalue weighted by molar-refractivity contribution is 0.254. The summed E-state index contributed by atoms with van der Waals surface area (Å²) < 4.78 is 11.9. The molecule has 1 fully saturated rings. The number of ether oxygens (including phenoxy) is 2. The molecule has 0 radical (unpaired) electrons. The van der Waals surface area contributed by atoms with Gasteiger partial charge in [-0.15, -0.1) is 0 Å². The van der Waals surface area contributed by atoms with E-state index in [4.69, 9.17) is 14.5 Å². The molecule has 1 N–H and O–H groups in total. The fourth-order valence-corrected chi connectivity index (χ4v) is 4.98. The summed E-state index contributed by atoms with van der Waals surface area (Å²) in [6.45, 7) is 13.3. The quantitative estimate of drug-likeness (QED) is 0.609. The van der Waals surface area contributed by atoms with E-state index in [1.165, 1.54) is 42.9 Å². The Bertz CT molecular complexity index is 901. The lowest BCUT2D eigenvalue weighted by Crippen LogP contribution is -2.22. The van der Waals surface area contributed by atoms with Crippen molar-refractivity contribution in [3.8, 4) is 11.5 Å². The average molecular weight is 412 g/mol. The highest BCUT2D eigenvalue weighted by Crippen LogP contribution is 2.46. The van der Waals surface area contributed by atoms with Crippen molar-refractivity contribution in [2.75, 3.05) is 38.7 Å². The molecule has 2 heterocycles. The van der Waals surface area contributed by atoms with E-state index in [0.29, 0.717) is 12.6 Å². The molecule has 0 atom stereocenters. The fourth-order valence-electron chi connectivity index (χ4n) is 4.98. The average Bonchev–Trinajstić information content (AvgIpc) is 3.32. The molecule has 164 valence electrons. The Kier molecular flexibility index (Phi) is 6.10. The number of nitrogens with zero attached hydrogens (tertiary/aromatic N) is 2. The molecule has 1 aromatic heterocycles. The van der Waals surface area contributed by atoms with Crippen molar-refractivity contribution in [1.29, 1.82) is 0 Å². The van der Waals surface area contributed by atoms with Gasteiger partial charge >= 0.3 is 0 Å². The zero-order valence-electron chi connectivity index (χ0n) is 19.3. The first-order chi connectivity index (χ1) is 14.4. The van der Waals surface area contributed by atoms with Gasteiger partial charge in [-0.2, -0.15) is 0 Å². The smallest absolute Gasteiger partial charge is 0.163 e. The largest absolute Gasteiger partial charge is 0.493 e. The van der Waals surface area contributed by atoms with E-state index >= 15 is 0 Å². The van der Waals surface area contributed by atoms with Crippen LogP contribution in [-0.2, 0) is 11.8 Å². The predicted molar refractivity (Wildman–Crippen MR) is 124 cm³/mol. The molecule has 1 aliphatic carbocycles. The second-order valence-corrected chi connectivity index (χ2v) is 9.76. The molecule has 0 unspecified atom stereocenters. The van der Waals surface area contributed by atoms with Gasteiger partial charge in [-0.3, -0.25) is 4.98 Å². The monoisotopic (exact) mass is 411 g/mol. The number of pyridine rings is 1. The van der Waals surface area contributed by atoms with Gasteiger partial charge in [0.05, 0.1) is 19.2 Å². The van der Waals surface area contributed by atoms with Gasteiger partial charge in [0.2, 0.25) is 0 Å². The predicted octanol–water partition coefficient (Wildman–Crippen LogP) is 5.15. The van der Waals surface area contributed by atoms with Gasteiger partial charge in [0.15, 0.2) is 11.5 Å². The van der Waals surface area contributed by atoms with E-state index in [0.717, 1.165) is 48.2 Å². The number of benzene rings is 1. The van der Waals surface area contributed by atoms with E-state index in [1.807, 2.05) is 0 Å². The third kappa shape index (κ3) is 4.22. The minimum absolute atomic E-state index is 0.131. The van der Waals surface area contributed by atoms with Gasteiger partial charge in [0.1, 0.15) is 0 Å². The van der Waals surface area contributed by atoms with E-state index in [1.54, 1.807) is 7.11 Å². The normalized spacial score (nSPS) is 18.2. The minimum Gasteiger partial charge on any atom is -0.493 e. The summed E-state index contributed by atoms with van der Waals surface area (Å²) in [5.74, 6) is 1.58. The zero-order valence-corrected chi connectivity index (χ0v) is 19.3. The first-order valence-corrected chi connectivity index (χ1v) is 11.6. The molecule has 0 spiro atoms. The number of hydrogen-bond acceptors (Lipinski definition) is 5. The lowest BCUT2D eigenvalue weighted by Gasteiger charge is -2.26.